The molecule has 0 atom stereocenters. The van der Waals surface area contributed by atoms with Crippen molar-refractivity contribution in [2.75, 3.05) is 39.3 Å². The van der Waals surface area contributed by atoms with E-state index in [1.807, 2.05) is 0 Å². The third-order valence-electron chi connectivity index (χ3n) is 5.12. The van der Waals surface area contributed by atoms with E-state index in [0.717, 1.165) is 0 Å². The maximum Gasteiger partial charge on any atom is 0.0110 e. The van der Waals surface area contributed by atoms with Gasteiger partial charge in [0.2, 0.25) is 0 Å². The molecule has 0 aromatic heterocycles. The molecular weight excluding hydrogens is 428 g/mol. The van der Waals surface area contributed by atoms with Crippen LogP contribution in [0.3, 0.4) is 0 Å². The van der Waals surface area contributed by atoms with Crippen molar-refractivity contribution in [3.8, 4) is 0 Å². The van der Waals surface area contributed by atoms with Gasteiger partial charge in [0.05, 0.1) is 0 Å². The molecule has 1 rings (SSSR count). The molecule has 1 aliphatic rings. The summed E-state index contributed by atoms with van der Waals surface area (Å²) >= 11 is 0. The third-order valence-corrected chi connectivity index (χ3v) is 5.12. The Kier molecular flexibility index (Phi) is 22.8. The number of nitrogens with zero attached hydrogens (tertiary/aromatic N) is 2. The smallest absolute Gasteiger partial charge is 0.0110 e. The second kappa shape index (κ2) is 20.2. The quantitative estimate of drug-likeness (QED) is 0.267. The Bertz CT molecular complexity index is 208. The largest absolute Gasteiger partial charge is 0.301 e. The second-order valence-electron chi connectivity index (χ2n) is 7.22. The summed E-state index contributed by atoms with van der Waals surface area (Å²) < 4.78 is 0. The van der Waals surface area contributed by atoms with Crippen LogP contribution in [0.1, 0.15) is 90.9 Å². The van der Waals surface area contributed by atoms with Gasteiger partial charge in [0, 0.05) is 26.2 Å². The lowest BCUT2D eigenvalue weighted by atomic mass is 10.1. The van der Waals surface area contributed by atoms with Crippen LogP contribution in [0.5, 0.6) is 0 Å². The van der Waals surface area contributed by atoms with Crippen molar-refractivity contribution >= 4 is 34.0 Å². The summed E-state index contributed by atoms with van der Waals surface area (Å²) in [5.41, 5.74) is 0. The molecule has 0 saturated carbocycles. The molecule has 24 heavy (non-hydrogen) atoms. The Morgan fingerprint density at radius 3 is 1.08 bits per heavy atom. The Labute approximate surface area is 173 Å². The molecule has 0 bridgehead atoms. The molecule has 1 saturated heterocycles. The SMILES string of the molecule is Br.Br.CCCCCCCCN1CCN(CCCCCCCC)CC1. The summed E-state index contributed by atoms with van der Waals surface area (Å²) in [5.74, 6) is 0. The Hall–Kier alpha value is 0.880. The zero-order valence-corrected chi connectivity index (χ0v) is 19.9. The van der Waals surface area contributed by atoms with Crippen LogP contribution >= 0.6 is 34.0 Å². The molecule has 0 N–H and O–H groups in total. The highest BCUT2D eigenvalue weighted by molar-refractivity contribution is 8.93. The zero-order chi connectivity index (χ0) is 15.9. The minimum absolute atomic E-state index is 0. The number of hydrogen-bond donors (Lipinski definition) is 0. The van der Waals surface area contributed by atoms with Crippen molar-refractivity contribution in [1.29, 1.82) is 0 Å². The highest BCUT2D eigenvalue weighted by atomic mass is 79.9. The highest BCUT2D eigenvalue weighted by Crippen LogP contribution is 2.10. The Balaban J connectivity index is 0. The summed E-state index contributed by atoms with van der Waals surface area (Å²) in [7, 11) is 0. The van der Waals surface area contributed by atoms with Crippen molar-refractivity contribution < 1.29 is 0 Å². The molecule has 2 nitrogen and oxygen atoms in total. The van der Waals surface area contributed by atoms with Crippen molar-refractivity contribution in [3.05, 3.63) is 0 Å². The molecule has 0 aliphatic carbocycles. The van der Waals surface area contributed by atoms with Crippen molar-refractivity contribution in [1.82, 2.24) is 9.80 Å². The number of unbranched alkanes of at least 4 members (excludes halogenated alkanes) is 10. The van der Waals surface area contributed by atoms with Gasteiger partial charge in [-0.3, -0.25) is 0 Å². The van der Waals surface area contributed by atoms with Gasteiger partial charge in [-0.15, -0.1) is 34.0 Å². The van der Waals surface area contributed by atoms with Gasteiger partial charge >= 0.3 is 0 Å². The van der Waals surface area contributed by atoms with Crippen LogP contribution in [0.15, 0.2) is 0 Å². The van der Waals surface area contributed by atoms with E-state index in [9.17, 15) is 0 Å². The predicted octanol–water partition coefficient (Wildman–Crippen LogP) is 6.48. The topological polar surface area (TPSA) is 6.48 Å². The summed E-state index contributed by atoms with van der Waals surface area (Å²) in [6, 6.07) is 0. The summed E-state index contributed by atoms with van der Waals surface area (Å²) in [6.07, 6.45) is 17.1. The van der Waals surface area contributed by atoms with Crippen LogP contribution in [0.4, 0.5) is 0 Å². The molecule has 0 unspecified atom stereocenters. The van der Waals surface area contributed by atoms with E-state index >= 15 is 0 Å². The first kappa shape index (κ1) is 27.1. The fraction of sp³-hybridized carbons (Fsp3) is 1.00. The second-order valence-corrected chi connectivity index (χ2v) is 7.22. The molecule has 1 aliphatic heterocycles. The van der Waals surface area contributed by atoms with E-state index in [1.165, 1.54) is 116 Å². The fourth-order valence-electron chi connectivity index (χ4n) is 3.47. The predicted molar refractivity (Wildman–Crippen MR) is 120 cm³/mol. The summed E-state index contributed by atoms with van der Waals surface area (Å²) in [4.78, 5) is 5.38. The molecule has 0 amide bonds. The van der Waals surface area contributed by atoms with Crippen molar-refractivity contribution in [3.63, 3.8) is 0 Å². The maximum atomic E-state index is 2.69. The van der Waals surface area contributed by atoms with Gasteiger partial charge in [0.15, 0.2) is 0 Å². The van der Waals surface area contributed by atoms with Crippen LogP contribution in [0.2, 0.25) is 0 Å². The van der Waals surface area contributed by atoms with E-state index in [4.69, 9.17) is 0 Å². The van der Waals surface area contributed by atoms with E-state index < -0.39 is 0 Å². The number of halogens is 2. The lowest BCUT2D eigenvalue weighted by molar-refractivity contribution is 0.129. The first-order valence-electron chi connectivity index (χ1n) is 10.3. The molecule has 1 fully saturated rings. The van der Waals surface area contributed by atoms with Crippen LogP contribution in [0, 0.1) is 0 Å². The molecule has 0 spiro atoms. The average molecular weight is 472 g/mol. The van der Waals surface area contributed by atoms with E-state index in [0.29, 0.717) is 0 Å². The molecule has 148 valence electrons. The maximum absolute atomic E-state index is 2.69. The van der Waals surface area contributed by atoms with Crippen LogP contribution < -0.4 is 0 Å². The normalized spacial score (nSPS) is 15.8. The van der Waals surface area contributed by atoms with Gasteiger partial charge in [-0.2, -0.15) is 0 Å². The molecule has 0 radical (unpaired) electrons. The summed E-state index contributed by atoms with van der Waals surface area (Å²) in [6.45, 7) is 12.5. The van der Waals surface area contributed by atoms with E-state index in [2.05, 4.69) is 23.6 Å². The Morgan fingerprint density at radius 1 is 0.458 bits per heavy atom. The van der Waals surface area contributed by atoms with Gasteiger partial charge in [-0.05, 0) is 25.9 Å². The monoisotopic (exact) mass is 470 g/mol. The Morgan fingerprint density at radius 2 is 0.750 bits per heavy atom. The lowest BCUT2D eigenvalue weighted by Crippen LogP contribution is -2.46. The van der Waals surface area contributed by atoms with E-state index in [1.54, 1.807) is 0 Å². The molecule has 1 heterocycles. The van der Waals surface area contributed by atoms with Gasteiger partial charge < -0.3 is 9.80 Å². The summed E-state index contributed by atoms with van der Waals surface area (Å²) in [5, 5.41) is 0. The third kappa shape index (κ3) is 15.2. The molecule has 0 aromatic rings. The first-order chi connectivity index (χ1) is 10.9. The van der Waals surface area contributed by atoms with Gasteiger partial charge in [-0.25, -0.2) is 0 Å². The van der Waals surface area contributed by atoms with Crippen molar-refractivity contribution in [2.45, 2.75) is 90.9 Å². The average Bonchev–Trinajstić information content (AvgIpc) is 2.55. The molecular formula is C20H44Br2N2. The number of piperazine rings is 1. The minimum Gasteiger partial charge on any atom is -0.301 e. The standard InChI is InChI=1S/C20H42N2.2BrH/c1-3-5-7-9-11-13-15-21-17-19-22(20-18-21)16-14-12-10-8-6-4-2;;/h3-20H2,1-2H3;2*1H. The molecule has 4 heteroatoms. The van der Waals surface area contributed by atoms with Crippen molar-refractivity contribution in [2.24, 2.45) is 0 Å². The lowest BCUT2D eigenvalue weighted by Gasteiger charge is -2.34. The number of hydrogen-bond acceptors (Lipinski definition) is 2. The zero-order valence-electron chi connectivity index (χ0n) is 16.4. The van der Waals surface area contributed by atoms with Crippen LogP contribution in [-0.4, -0.2) is 49.1 Å². The van der Waals surface area contributed by atoms with Crippen LogP contribution in [-0.2, 0) is 0 Å². The van der Waals surface area contributed by atoms with Crippen LogP contribution in [0.25, 0.3) is 0 Å². The van der Waals surface area contributed by atoms with E-state index in [-0.39, 0.29) is 34.0 Å². The minimum atomic E-state index is 0. The van der Waals surface area contributed by atoms with Gasteiger partial charge in [0.25, 0.3) is 0 Å². The first-order valence-corrected chi connectivity index (χ1v) is 10.3. The number of rotatable bonds is 14. The fourth-order valence-corrected chi connectivity index (χ4v) is 3.47. The highest BCUT2D eigenvalue weighted by Gasteiger charge is 2.15. The molecule has 0 aromatic carbocycles. The van der Waals surface area contributed by atoms with Gasteiger partial charge in [-0.1, -0.05) is 78.1 Å². The van der Waals surface area contributed by atoms with Gasteiger partial charge in [0.1, 0.15) is 0 Å².